The molecule has 0 heterocycles. The van der Waals surface area contributed by atoms with E-state index in [0.29, 0.717) is 15.2 Å². The summed E-state index contributed by atoms with van der Waals surface area (Å²) >= 11 is 16.4. The third-order valence-electron chi connectivity index (χ3n) is 2.72. The first-order chi connectivity index (χ1) is 9.90. The van der Waals surface area contributed by atoms with Crippen LogP contribution in [0.15, 0.2) is 18.2 Å². The molecule has 5 nitrogen and oxygen atoms in total. The predicted molar refractivity (Wildman–Crippen MR) is 97.0 cm³/mol. The summed E-state index contributed by atoms with van der Waals surface area (Å²) in [6, 6.07) is 5.61. The highest BCUT2D eigenvalue weighted by Gasteiger charge is 2.04. The molecular weight excluding hydrogens is 326 g/mol. The number of halogens is 1. The summed E-state index contributed by atoms with van der Waals surface area (Å²) in [5.74, 6) is 0. The van der Waals surface area contributed by atoms with Gasteiger partial charge >= 0.3 is 0 Å². The lowest BCUT2D eigenvalue weighted by molar-refractivity contribution is -0.856. The molecular formula is C13H21ClN5S2+. The van der Waals surface area contributed by atoms with Gasteiger partial charge in [0, 0.05) is 10.7 Å². The second kappa shape index (κ2) is 8.99. The van der Waals surface area contributed by atoms with E-state index in [4.69, 9.17) is 36.0 Å². The zero-order valence-corrected chi connectivity index (χ0v) is 14.7. The molecule has 1 rings (SSSR count). The van der Waals surface area contributed by atoms with Crippen molar-refractivity contribution in [1.29, 1.82) is 0 Å². The predicted octanol–water partition coefficient (Wildman–Crippen LogP) is 0.458. The molecule has 1 aromatic carbocycles. The van der Waals surface area contributed by atoms with E-state index in [2.05, 4.69) is 35.6 Å². The van der Waals surface area contributed by atoms with E-state index >= 15 is 0 Å². The number of rotatable bonds is 4. The average molecular weight is 347 g/mol. The van der Waals surface area contributed by atoms with Crippen molar-refractivity contribution < 1.29 is 4.90 Å². The molecule has 0 saturated carbocycles. The van der Waals surface area contributed by atoms with Gasteiger partial charge in [-0.05, 0) is 49.1 Å². The van der Waals surface area contributed by atoms with Gasteiger partial charge in [-0.25, -0.2) is 0 Å². The summed E-state index contributed by atoms with van der Waals surface area (Å²) < 4.78 is 0. The first-order valence-corrected chi connectivity index (χ1v) is 7.74. The summed E-state index contributed by atoms with van der Waals surface area (Å²) in [7, 11) is 4.17. The number of likely N-dealkylation sites (N-methyl/N-ethyl adjacent to an activating group) is 1. The average Bonchev–Trinajstić information content (AvgIpc) is 2.41. The molecule has 0 spiro atoms. The molecule has 0 aliphatic carbocycles. The minimum Gasteiger partial charge on any atom is -0.356 e. The lowest BCUT2D eigenvalue weighted by Crippen LogP contribution is -3.06. The van der Waals surface area contributed by atoms with Gasteiger partial charge in [-0.15, -0.1) is 0 Å². The number of benzene rings is 1. The van der Waals surface area contributed by atoms with E-state index in [0.717, 1.165) is 24.3 Å². The van der Waals surface area contributed by atoms with E-state index < -0.39 is 0 Å². The van der Waals surface area contributed by atoms with Crippen LogP contribution in [0.5, 0.6) is 0 Å². The van der Waals surface area contributed by atoms with Gasteiger partial charge in [-0.2, -0.15) is 0 Å². The molecule has 116 valence electrons. The third-order valence-corrected chi connectivity index (χ3v) is 3.58. The zero-order chi connectivity index (χ0) is 15.8. The lowest BCUT2D eigenvalue weighted by Gasteiger charge is -2.16. The van der Waals surface area contributed by atoms with Gasteiger partial charge in [0.15, 0.2) is 10.2 Å². The van der Waals surface area contributed by atoms with Crippen molar-refractivity contribution in [3.63, 3.8) is 0 Å². The molecule has 21 heavy (non-hydrogen) atoms. The first kappa shape index (κ1) is 17.9. The molecule has 1 aromatic rings. The zero-order valence-electron chi connectivity index (χ0n) is 12.3. The fourth-order valence-corrected chi connectivity index (χ4v) is 1.97. The van der Waals surface area contributed by atoms with Gasteiger partial charge in [0.1, 0.15) is 0 Å². The Hall–Kier alpha value is -1.15. The van der Waals surface area contributed by atoms with E-state index in [1.165, 1.54) is 4.90 Å². The lowest BCUT2D eigenvalue weighted by atomic mass is 10.2. The van der Waals surface area contributed by atoms with Crippen molar-refractivity contribution in [2.45, 2.75) is 6.92 Å². The van der Waals surface area contributed by atoms with Crippen LogP contribution < -0.4 is 26.4 Å². The Morgan fingerprint density at radius 2 is 1.86 bits per heavy atom. The summed E-state index contributed by atoms with van der Waals surface area (Å²) in [5, 5.41) is 7.76. The van der Waals surface area contributed by atoms with E-state index in [-0.39, 0.29) is 0 Å². The topological polar surface area (TPSA) is 52.6 Å². The Labute approximate surface area is 141 Å². The van der Waals surface area contributed by atoms with Crippen LogP contribution >= 0.6 is 36.0 Å². The SMILES string of the molecule is Cc1c(Cl)cccc1NC(=S)NNC(=S)NCC[NH+](C)C. The van der Waals surface area contributed by atoms with Crippen molar-refractivity contribution in [1.82, 2.24) is 16.2 Å². The van der Waals surface area contributed by atoms with Gasteiger partial charge < -0.3 is 15.5 Å². The van der Waals surface area contributed by atoms with Crippen LogP contribution in [0.25, 0.3) is 0 Å². The summed E-state index contributed by atoms with van der Waals surface area (Å²) in [5.41, 5.74) is 7.47. The Morgan fingerprint density at radius 3 is 2.52 bits per heavy atom. The molecule has 0 aliphatic heterocycles. The summed E-state index contributed by atoms with van der Waals surface area (Å²) in [6.07, 6.45) is 0. The van der Waals surface area contributed by atoms with E-state index in [1.807, 2.05) is 25.1 Å². The van der Waals surface area contributed by atoms with Crippen molar-refractivity contribution in [3.05, 3.63) is 28.8 Å². The number of hydrogen-bond donors (Lipinski definition) is 5. The van der Waals surface area contributed by atoms with Gasteiger partial charge in [-0.3, -0.25) is 10.9 Å². The normalized spacial score (nSPS) is 10.1. The maximum atomic E-state index is 6.06. The highest BCUT2D eigenvalue weighted by Crippen LogP contribution is 2.22. The van der Waals surface area contributed by atoms with Crippen molar-refractivity contribution in [2.75, 3.05) is 32.5 Å². The molecule has 0 aromatic heterocycles. The van der Waals surface area contributed by atoms with Crippen LogP contribution in [0.4, 0.5) is 5.69 Å². The maximum Gasteiger partial charge on any atom is 0.189 e. The number of quaternary nitrogens is 1. The molecule has 0 unspecified atom stereocenters. The maximum absolute atomic E-state index is 6.06. The Bertz CT molecular complexity index is 507. The van der Waals surface area contributed by atoms with Crippen LogP contribution in [0.1, 0.15) is 5.56 Å². The quantitative estimate of drug-likeness (QED) is 0.403. The van der Waals surface area contributed by atoms with Crippen molar-refractivity contribution >= 4 is 51.9 Å². The molecule has 0 aliphatic rings. The molecule has 8 heteroatoms. The molecule has 0 amide bonds. The van der Waals surface area contributed by atoms with E-state index in [9.17, 15) is 0 Å². The Balaban J connectivity index is 2.34. The minimum atomic E-state index is 0.419. The molecule has 0 fully saturated rings. The number of thiocarbonyl (C=S) groups is 2. The van der Waals surface area contributed by atoms with Crippen molar-refractivity contribution in [3.8, 4) is 0 Å². The number of anilines is 1. The van der Waals surface area contributed by atoms with Crippen LogP contribution in [0.3, 0.4) is 0 Å². The second-order valence-electron chi connectivity index (χ2n) is 4.83. The van der Waals surface area contributed by atoms with Crippen LogP contribution in [-0.2, 0) is 0 Å². The number of hydrogen-bond acceptors (Lipinski definition) is 2. The van der Waals surface area contributed by atoms with E-state index in [1.54, 1.807) is 0 Å². The Kier molecular flexibility index (Phi) is 7.66. The van der Waals surface area contributed by atoms with Gasteiger partial charge in [0.25, 0.3) is 0 Å². The second-order valence-corrected chi connectivity index (χ2v) is 6.05. The third kappa shape index (κ3) is 6.90. The van der Waals surface area contributed by atoms with Crippen LogP contribution in [0.2, 0.25) is 5.02 Å². The fraction of sp³-hybridized carbons (Fsp3) is 0.385. The van der Waals surface area contributed by atoms with Gasteiger partial charge in [0.2, 0.25) is 0 Å². The number of hydrazine groups is 1. The monoisotopic (exact) mass is 346 g/mol. The van der Waals surface area contributed by atoms with Crippen molar-refractivity contribution in [2.24, 2.45) is 0 Å². The van der Waals surface area contributed by atoms with Crippen LogP contribution in [0, 0.1) is 6.92 Å². The number of nitrogens with one attached hydrogen (secondary N) is 5. The minimum absolute atomic E-state index is 0.419. The smallest absolute Gasteiger partial charge is 0.189 e. The summed E-state index contributed by atoms with van der Waals surface area (Å²) in [4.78, 5) is 1.35. The molecule has 0 bridgehead atoms. The molecule has 0 atom stereocenters. The molecule has 0 radical (unpaired) electrons. The Morgan fingerprint density at radius 1 is 1.19 bits per heavy atom. The molecule has 5 N–H and O–H groups in total. The van der Waals surface area contributed by atoms with Gasteiger partial charge in [0.05, 0.1) is 27.2 Å². The highest BCUT2D eigenvalue weighted by molar-refractivity contribution is 7.80. The standard InChI is InChI=1S/C13H20ClN5S2/c1-9-10(14)5-4-6-11(9)16-13(21)18-17-12(20)15-7-8-19(2)3/h4-6H,7-8H2,1-3H3,(H2,15,17,20)(H2,16,18,21)/p+1. The fourth-order valence-electron chi connectivity index (χ4n) is 1.48. The van der Waals surface area contributed by atoms with Crippen LogP contribution in [-0.4, -0.2) is 37.4 Å². The largest absolute Gasteiger partial charge is 0.356 e. The highest BCUT2D eigenvalue weighted by atomic mass is 35.5. The first-order valence-electron chi connectivity index (χ1n) is 6.55. The molecule has 0 saturated heterocycles. The summed E-state index contributed by atoms with van der Waals surface area (Å²) in [6.45, 7) is 3.70. The van der Waals surface area contributed by atoms with Gasteiger partial charge in [-0.1, -0.05) is 17.7 Å².